The number of hydrogen-bond acceptors (Lipinski definition) is 2. The molecule has 1 aliphatic heterocycles. The van der Waals surface area contributed by atoms with Crippen LogP contribution in [0.15, 0.2) is 24.3 Å². The topological polar surface area (TPSA) is 29.5 Å². The molecule has 0 N–H and O–H groups in total. The van der Waals surface area contributed by atoms with E-state index in [-0.39, 0.29) is 11.9 Å². The quantitative estimate of drug-likeness (QED) is 0.804. The van der Waals surface area contributed by atoms with Crippen LogP contribution in [0.1, 0.15) is 38.8 Å². The van der Waals surface area contributed by atoms with Gasteiger partial charge in [0.05, 0.1) is 12.6 Å². The molecule has 1 amide bonds. The molecule has 0 bridgehead atoms. The highest BCUT2D eigenvalue weighted by atomic mass is 16.5. The van der Waals surface area contributed by atoms with Crippen LogP contribution in [0, 0.1) is 5.92 Å². The lowest BCUT2D eigenvalue weighted by molar-refractivity contribution is -0.134. The van der Waals surface area contributed by atoms with Crippen LogP contribution in [0.4, 0.5) is 0 Å². The molecule has 0 radical (unpaired) electrons. The van der Waals surface area contributed by atoms with Crippen LogP contribution >= 0.6 is 0 Å². The number of rotatable bonds is 2. The van der Waals surface area contributed by atoms with Crippen molar-refractivity contribution in [2.24, 2.45) is 5.92 Å². The minimum atomic E-state index is 0.0925. The first-order chi connectivity index (χ1) is 8.59. The van der Waals surface area contributed by atoms with E-state index < -0.39 is 0 Å². The van der Waals surface area contributed by atoms with Gasteiger partial charge >= 0.3 is 0 Å². The van der Waals surface area contributed by atoms with Gasteiger partial charge in [-0.3, -0.25) is 4.79 Å². The number of para-hydroxylation sites is 1. The molecule has 1 aliphatic rings. The van der Waals surface area contributed by atoms with E-state index in [1.807, 2.05) is 29.2 Å². The van der Waals surface area contributed by atoms with Gasteiger partial charge in [-0.1, -0.05) is 32.0 Å². The van der Waals surface area contributed by atoms with Crippen molar-refractivity contribution in [2.45, 2.75) is 33.2 Å². The zero-order valence-corrected chi connectivity index (χ0v) is 11.3. The fraction of sp³-hybridized carbons (Fsp3) is 0.533. The van der Waals surface area contributed by atoms with Crippen molar-refractivity contribution in [2.75, 3.05) is 13.2 Å². The summed E-state index contributed by atoms with van der Waals surface area (Å²) in [5.41, 5.74) is 1.10. The molecule has 1 atom stereocenters. The Kier molecular flexibility index (Phi) is 3.90. The number of benzene rings is 1. The number of amides is 1. The molecule has 2 rings (SSSR count). The molecule has 0 saturated carbocycles. The molecule has 1 unspecified atom stereocenters. The Labute approximate surface area is 109 Å². The van der Waals surface area contributed by atoms with Crippen LogP contribution in [0.25, 0.3) is 0 Å². The van der Waals surface area contributed by atoms with Gasteiger partial charge in [-0.25, -0.2) is 0 Å². The Hall–Kier alpha value is -1.51. The highest BCUT2D eigenvalue weighted by molar-refractivity contribution is 5.77. The summed E-state index contributed by atoms with van der Waals surface area (Å²) in [4.78, 5) is 14.2. The lowest BCUT2D eigenvalue weighted by atomic mass is 10.0. The second-order valence-electron chi connectivity index (χ2n) is 5.25. The minimum Gasteiger partial charge on any atom is -0.491 e. The Morgan fingerprint density at radius 2 is 2.17 bits per heavy atom. The van der Waals surface area contributed by atoms with Gasteiger partial charge < -0.3 is 9.64 Å². The summed E-state index contributed by atoms with van der Waals surface area (Å²) >= 11 is 0. The molecule has 0 fully saturated rings. The predicted octanol–water partition coefficient (Wildman–Crippen LogP) is 3.01. The predicted molar refractivity (Wildman–Crippen MR) is 71.5 cm³/mol. The number of nitrogens with zero attached hydrogens (tertiary/aromatic N) is 1. The van der Waals surface area contributed by atoms with Crippen molar-refractivity contribution >= 4 is 5.91 Å². The molecule has 18 heavy (non-hydrogen) atoms. The van der Waals surface area contributed by atoms with Gasteiger partial charge in [0.25, 0.3) is 0 Å². The second kappa shape index (κ2) is 5.42. The standard InChI is InChI=1S/C15H21NO2/c1-11(2)10-15(17)16-8-9-18-14-7-5-4-6-13(14)12(16)3/h4-7,11-12H,8-10H2,1-3H3. The average molecular weight is 247 g/mol. The summed E-state index contributed by atoms with van der Waals surface area (Å²) in [6.45, 7) is 7.47. The summed E-state index contributed by atoms with van der Waals surface area (Å²) in [6, 6.07) is 8.07. The van der Waals surface area contributed by atoms with Crippen LogP contribution in [-0.4, -0.2) is 24.0 Å². The van der Waals surface area contributed by atoms with E-state index in [2.05, 4.69) is 20.8 Å². The third-order valence-electron chi connectivity index (χ3n) is 3.33. The molecule has 0 aliphatic carbocycles. The van der Waals surface area contributed by atoms with E-state index in [1.165, 1.54) is 0 Å². The third kappa shape index (κ3) is 2.66. The molecular formula is C15H21NO2. The summed E-state index contributed by atoms with van der Waals surface area (Å²) in [7, 11) is 0. The third-order valence-corrected chi connectivity index (χ3v) is 3.33. The fourth-order valence-corrected chi connectivity index (χ4v) is 2.38. The van der Waals surface area contributed by atoms with E-state index in [1.54, 1.807) is 0 Å². The van der Waals surface area contributed by atoms with E-state index in [0.717, 1.165) is 11.3 Å². The van der Waals surface area contributed by atoms with Gasteiger partial charge in [-0.15, -0.1) is 0 Å². The molecule has 0 spiro atoms. The Balaban J connectivity index is 2.22. The zero-order valence-electron chi connectivity index (χ0n) is 11.3. The summed E-state index contributed by atoms with van der Waals surface area (Å²) in [5.74, 6) is 1.52. The Morgan fingerprint density at radius 3 is 2.89 bits per heavy atom. The van der Waals surface area contributed by atoms with Gasteiger partial charge in [0.1, 0.15) is 12.4 Å². The monoisotopic (exact) mass is 247 g/mol. The van der Waals surface area contributed by atoms with E-state index in [9.17, 15) is 4.79 Å². The SMILES string of the molecule is CC(C)CC(=O)N1CCOc2ccccc2C1C. The molecule has 98 valence electrons. The van der Waals surface area contributed by atoms with Crippen molar-refractivity contribution in [3.63, 3.8) is 0 Å². The molecule has 3 heteroatoms. The van der Waals surface area contributed by atoms with Crippen molar-refractivity contribution in [3.8, 4) is 5.75 Å². The first kappa shape index (κ1) is 12.9. The largest absolute Gasteiger partial charge is 0.491 e. The first-order valence-corrected chi connectivity index (χ1v) is 6.60. The number of ether oxygens (including phenoxy) is 1. The van der Waals surface area contributed by atoms with Crippen molar-refractivity contribution in [3.05, 3.63) is 29.8 Å². The smallest absolute Gasteiger partial charge is 0.223 e. The van der Waals surface area contributed by atoms with Crippen LogP contribution in [-0.2, 0) is 4.79 Å². The van der Waals surface area contributed by atoms with Gasteiger partial charge in [0.2, 0.25) is 5.91 Å². The fourth-order valence-electron chi connectivity index (χ4n) is 2.38. The second-order valence-corrected chi connectivity index (χ2v) is 5.25. The Morgan fingerprint density at radius 1 is 1.44 bits per heavy atom. The average Bonchev–Trinajstić information content (AvgIpc) is 2.49. The van der Waals surface area contributed by atoms with Crippen LogP contribution < -0.4 is 4.74 Å². The summed E-state index contributed by atoms with van der Waals surface area (Å²) in [5, 5.41) is 0. The highest BCUT2D eigenvalue weighted by Crippen LogP contribution is 2.31. The van der Waals surface area contributed by atoms with E-state index in [4.69, 9.17) is 4.74 Å². The molecule has 0 saturated heterocycles. The molecule has 0 aromatic heterocycles. The van der Waals surface area contributed by atoms with Crippen LogP contribution in [0.3, 0.4) is 0 Å². The van der Waals surface area contributed by atoms with E-state index >= 15 is 0 Å². The van der Waals surface area contributed by atoms with Gasteiger partial charge in [0.15, 0.2) is 0 Å². The molecule has 1 heterocycles. The van der Waals surface area contributed by atoms with Gasteiger partial charge in [-0.05, 0) is 18.9 Å². The molecule has 1 aromatic rings. The zero-order chi connectivity index (χ0) is 13.1. The maximum absolute atomic E-state index is 12.3. The summed E-state index contributed by atoms with van der Waals surface area (Å²) in [6.07, 6.45) is 0.604. The van der Waals surface area contributed by atoms with Crippen molar-refractivity contribution in [1.82, 2.24) is 4.90 Å². The number of carbonyl (C=O) groups excluding carboxylic acids is 1. The lowest BCUT2D eigenvalue weighted by Gasteiger charge is -2.27. The first-order valence-electron chi connectivity index (χ1n) is 6.60. The van der Waals surface area contributed by atoms with E-state index in [0.29, 0.717) is 25.5 Å². The molecule has 3 nitrogen and oxygen atoms in total. The van der Waals surface area contributed by atoms with Crippen molar-refractivity contribution in [1.29, 1.82) is 0 Å². The normalized spacial score (nSPS) is 19.1. The van der Waals surface area contributed by atoms with Crippen LogP contribution in [0.5, 0.6) is 5.75 Å². The minimum absolute atomic E-state index is 0.0925. The number of carbonyl (C=O) groups is 1. The number of hydrogen-bond donors (Lipinski definition) is 0. The Bertz CT molecular complexity index is 428. The summed E-state index contributed by atoms with van der Waals surface area (Å²) < 4.78 is 5.71. The van der Waals surface area contributed by atoms with Crippen molar-refractivity contribution < 1.29 is 9.53 Å². The van der Waals surface area contributed by atoms with Crippen LogP contribution in [0.2, 0.25) is 0 Å². The lowest BCUT2D eigenvalue weighted by Crippen LogP contribution is -2.35. The molecule has 1 aromatic carbocycles. The maximum Gasteiger partial charge on any atom is 0.223 e. The molecular weight excluding hydrogens is 226 g/mol. The van der Waals surface area contributed by atoms with Gasteiger partial charge in [-0.2, -0.15) is 0 Å². The highest BCUT2D eigenvalue weighted by Gasteiger charge is 2.26. The van der Waals surface area contributed by atoms with Gasteiger partial charge in [0, 0.05) is 12.0 Å². The maximum atomic E-state index is 12.3. The number of fused-ring (bicyclic) bond motifs is 1.